The molecule has 1 aliphatic heterocycles. The number of piperazine rings is 1. The second kappa shape index (κ2) is 7.57. The van der Waals surface area contributed by atoms with Crippen molar-refractivity contribution >= 4 is 11.8 Å². The first-order valence-corrected chi connectivity index (χ1v) is 8.51. The SMILES string of the molecule is CC(C)c1cc(N2CCN(CC(=O)O)CC2)nc(-c2ccncc2)n1. The second-order valence-corrected chi connectivity index (χ2v) is 6.52. The summed E-state index contributed by atoms with van der Waals surface area (Å²) in [7, 11) is 0. The van der Waals surface area contributed by atoms with E-state index in [2.05, 4.69) is 23.7 Å². The minimum Gasteiger partial charge on any atom is -0.480 e. The van der Waals surface area contributed by atoms with E-state index in [1.165, 1.54) is 0 Å². The summed E-state index contributed by atoms with van der Waals surface area (Å²) in [6, 6.07) is 5.87. The van der Waals surface area contributed by atoms with Crippen molar-refractivity contribution in [2.75, 3.05) is 37.6 Å². The van der Waals surface area contributed by atoms with Crippen LogP contribution < -0.4 is 4.90 Å². The van der Waals surface area contributed by atoms with E-state index in [4.69, 9.17) is 15.1 Å². The van der Waals surface area contributed by atoms with Gasteiger partial charge in [0, 0.05) is 55.9 Å². The molecule has 1 aliphatic rings. The Morgan fingerprint density at radius 1 is 1.16 bits per heavy atom. The van der Waals surface area contributed by atoms with Gasteiger partial charge in [-0.05, 0) is 18.1 Å². The number of hydrogen-bond donors (Lipinski definition) is 1. The molecule has 0 bridgehead atoms. The van der Waals surface area contributed by atoms with E-state index in [1.54, 1.807) is 12.4 Å². The van der Waals surface area contributed by atoms with Crippen molar-refractivity contribution in [1.82, 2.24) is 19.9 Å². The molecule has 7 heteroatoms. The molecule has 3 heterocycles. The summed E-state index contributed by atoms with van der Waals surface area (Å²) in [5.41, 5.74) is 1.95. The molecule has 0 spiro atoms. The zero-order chi connectivity index (χ0) is 17.8. The summed E-state index contributed by atoms with van der Waals surface area (Å²) in [5, 5.41) is 8.93. The van der Waals surface area contributed by atoms with Crippen LogP contribution in [0, 0.1) is 0 Å². The van der Waals surface area contributed by atoms with Gasteiger partial charge in [-0.25, -0.2) is 9.97 Å². The monoisotopic (exact) mass is 341 g/mol. The molecule has 0 amide bonds. The Morgan fingerprint density at radius 3 is 2.44 bits per heavy atom. The van der Waals surface area contributed by atoms with Crippen LogP contribution in [-0.4, -0.2) is 63.7 Å². The predicted molar refractivity (Wildman–Crippen MR) is 95.6 cm³/mol. The number of carboxylic acid groups (broad SMARTS) is 1. The molecule has 0 aromatic carbocycles. The van der Waals surface area contributed by atoms with Crippen LogP contribution >= 0.6 is 0 Å². The fourth-order valence-electron chi connectivity index (χ4n) is 2.87. The van der Waals surface area contributed by atoms with Gasteiger partial charge >= 0.3 is 5.97 Å². The van der Waals surface area contributed by atoms with Crippen LogP contribution in [0.3, 0.4) is 0 Å². The molecule has 2 aromatic rings. The summed E-state index contributed by atoms with van der Waals surface area (Å²) < 4.78 is 0. The average molecular weight is 341 g/mol. The van der Waals surface area contributed by atoms with E-state index in [1.807, 2.05) is 23.1 Å². The summed E-state index contributed by atoms with van der Waals surface area (Å²) in [4.78, 5) is 28.5. The van der Waals surface area contributed by atoms with Crippen LogP contribution in [0.5, 0.6) is 0 Å². The molecule has 0 saturated carbocycles. The maximum absolute atomic E-state index is 10.9. The quantitative estimate of drug-likeness (QED) is 0.889. The molecule has 25 heavy (non-hydrogen) atoms. The fourth-order valence-corrected chi connectivity index (χ4v) is 2.87. The Hall–Kier alpha value is -2.54. The Kier molecular flexibility index (Phi) is 5.23. The van der Waals surface area contributed by atoms with Gasteiger partial charge in [0.05, 0.1) is 6.54 Å². The van der Waals surface area contributed by atoms with E-state index in [9.17, 15) is 4.79 Å². The number of rotatable bonds is 5. The number of anilines is 1. The summed E-state index contributed by atoms with van der Waals surface area (Å²) in [6.45, 7) is 7.29. The minimum absolute atomic E-state index is 0.0944. The van der Waals surface area contributed by atoms with Gasteiger partial charge in [0.25, 0.3) is 0 Å². The number of pyridine rings is 1. The average Bonchev–Trinajstić information content (AvgIpc) is 2.62. The number of aromatic nitrogens is 3. The maximum atomic E-state index is 10.9. The fraction of sp³-hybridized carbons (Fsp3) is 0.444. The molecule has 132 valence electrons. The molecule has 1 saturated heterocycles. The zero-order valence-corrected chi connectivity index (χ0v) is 14.6. The standard InChI is InChI=1S/C18H23N5O2/c1-13(2)15-11-16(21-18(20-15)14-3-5-19-6-4-14)23-9-7-22(8-10-23)12-17(24)25/h3-6,11,13H,7-10,12H2,1-2H3,(H,24,25). The van der Waals surface area contributed by atoms with E-state index in [0.29, 0.717) is 11.7 Å². The first-order chi connectivity index (χ1) is 12.0. The molecular formula is C18H23N5O2. The van der Waals surface area contributed by atoms with E-state index < -0.39 is 5.97 Å². The molecular weight excluding hydrogens is 318 g/mol. The molecule has 7 nitrogen and oxygen atoms in total. The third kappa shape index (κ3) is 4.30. The lowest BCUT2D eigenvalue weighted by Gasteiger charge is -2.34. The first-order valence-electron chi connectivity index (χ1n) is 8.51. The van der Waals surface area contributed by atoms with Crippen molar-refractivity contribution in [2.45, 2.75) is 19.8 Å². The highest BCUT2D eigenvalue weighted by atomic mass is 16.4. The lowest BCUT2D eigenvalue weighted by atomic mass is 10.1. The molecule has 2 aromatic heterocycles. The van der Waals surface area contributed by atoms with Gasteiger partial charge in [-0.3, -0.25) is 14.7 Å². The van der Waals surface area contributed by atoms with Gasteiger partial charge in [-0.2, -0.15) is 0 Å². The highest BCUT2D eigenvalue weighted by Crippen LogP contribution is 2.24. The topological polar surface area (TPSA) is 82.5 Å². The predicted octanol–water partition coefficient (Wildman–Crippen LogP) is 1.87. The highest BCUT2D eigenvalue weighted by molar-refractivity contribution is 5.69. The summed E-state index contributed by atoms with van der Waals surface area (Å²) >= 11 is 0. The maximum Gasteiger partial charge on any atom is 0.317 e. The van der Waals surface area contributed by atoms with Crippen molar-refractivity contribution in [1.29, 1.82) is 0 Å². The summed E-state index contributed by atoms with van der Waals surface area (Å²) in [6.07, 6.45) is 3.48. The lowest BCUT2D eigenvalue weighted by molar-refractivity contribution is -0.138. The number of aliphatic carboxylic acids is 1. The van der Waals surface area contributed by atoms with Crippen LogP contribution in [0.2, 0.25) is 0 Å². The molecule has 0 unspecified atom stereocenters. The van der Waals surface area contributed by atoms with Crippen LogP contribution in [0.4, 0.5) is 5.82 Å². The van der Waals surface area contributed by atoms with Crippen LogP contribution in [0.25, 0.3) is 11.4 Å². The number of nitrogens with zero attached hydrogens (tertiary/aromatic N) is 5. The smallest absolute Gasteiger partial charge is 0.317 e. The van der Waals surface area contributed by atoms with Crippen LogP contribution in [0.15, 0.2) is 30.6 Å². The zero-order valence-electron chi connectivity index (χ0n) is 14.6. The Bertz CT molecular complexity index is 728. The van der Waals surface area contributed by atoms with Crippen LogP contribution in [-0.2, 0) is 4.79 Å². The van der Waals surface area contributed by atoms with Gasteiger partial charge in [-0.1, -0.05) is 13.8 Å². The van der Waals surface area contributed by atoms with Crippen molar-refractivity contribution < 1.29 is 9.90 Å². The summed E-state index contributed by atoms with van der Waals surface area (Å²) in [5.74, 6) is 1.13. The molecule has 3 rings (SSSR count). The first kappa shape index (κ1) is 17.3. The number of carboxylic acids is 1. The van der Waals surface area contributed by atoms with Crippen molar-refractivity contribution in [2.24, 2.45) is 0 Å². The highest BCUT2D eigenvalue weighted by Gasteiger charge is 2.21. The van der Waals surface area contributed by atoms with E-state index >= 15 is 0 Å². The second-order valence-electron chi connectivity index (χ2n) is 6.52. The van der Waals surface area contributed by atoms with E-state index in [0.717, 1.165) is 43.3 Å². The molecule has 1 fully saturated rings. The van der Waals surface area contributed by atoms with Crippen molar-refractivity contribution in [3.8, 4) is 11.4 Å². The Labute approximate surface area is 147 Å². The van der Waals surface area contributed by atoms with Gasteiger partial charge in [0.2, 0.25) is 0 Å². The molecule has 1 N–H and O–H groups in total. The lowest BCUT2D eigenvalue weighted by Crippen LogP contribution is -2.48. The Balaban J connectivity index is 1.84. The third-order valence-electron chi connectivity index (χ3n) is 4.32. The molecule has 0 radical (unpaired) electrons. The van der Waals surface area contributed by atoms with Gasteiger partial charge in [0.15, 0.2) is 5.82 Å². The van der Waals surface area contributed by atoms with Gasteiger partial charge < -0.3 is 10.0 Å². The number of carbonyl (C=O) groups is 1. The minimum atomic E-state index is -0.780. The third-order valence-corrected chi connectivity index (χ3v) is 4.32. The van der Waals surface area contributed by atoms with Gasteiger partial charge in [-0.15, -0.1) is 0 Å². The van der Waals surface area contributed by atoms with Crippen molar-refractivity contribution in [3.63, 3.8) is 0 Å². The largest absolute Gasteiger partial charge is 0.480 e. The number of hydrogen-bond acceptors (Lipinski definition) is 6. The Morgan fingerprint density at radius 2 is 1.84 bits per heavy atom. The molecule has 0 atom stereocenters. The van der Waals surface area contributed by atoms with Crippen LogP contribution in [0.1, 0.15) is 25.5 Å². The molecule has 0 aliphatic carbocycles. The van der Waals surface area contributed by atoms with Gasteiger partial charge in [0.1, 0.15) is 5.82 Å². The normalized spacial score (nSPS) is 15.6. The van der Waals surface area contributed by atoms with Crippen molar-refractivity contribution in [3.05, 3.63) is 36.3 Å². The van der Waals surface area contributed by atoms with E-state index in [-0.39, 0.29) is 6.54 Å².